The molecule has 1 aliphatic rings. The van der Waals surface area contributed by atoms with E-state index in [1.165, 1.54) is 0 Å². The molecule has 0 radical (unpaired) electrons. The van der Waals surface area contributed by atoms with Gasteiger partial charge in [0, 0.05) is 18.7 Å². The zero-order valence-electron chi connectivity index (χ0n) is 12.3. The smallest absolute Gasteiger partial charge is 0.249 e. The van der Waals surface area contributed by atoms with E-state index in [2.05, 4.69) is 11.9 Å². The summed E-state index contributed by atoms with van der Waals surface area (Å²) in [6, 6.07) is 3.39. The number of fused-ring (bicyclic) bond motifs is 1. The van der Waals surface area contributed by atoms with Crippen molar-refractivity contribution in [2.75, 3.05) is 31.0 Å². The van der Waals surface area contributed by atoms with E-state index in [-0.39, 0.29) is 11.9 Å². The van der Waals surface area contributed by atoms with Gasteiger partial charge in [-0.2, -0.15) is 0 Å². The summed E-state index contributed by atoms with van der Waals surface area (Å²) < 4.78 is 10.6. The molecular formula is C15H20N2O3. The van der Waals surface area contributed by atoms with Crippen molar-refractivity contribution >= 4 is 17.3 Å². The van der Waals surface area contributed by atoms with Crippen molar-refractivity contribution in [3.63, 3.8) is 0 Å². The highest BCUT2D eigenvalue weighted by Gasteiger charge is 2.30. The third-order valence-corrected chi connectivity index (χ3v) is 3.23. The van der Waals surface area contributed by atoms with Crippen LogP contribution >= 0.6 is 0 Å². The van der Waals surface area contributed by atoms with Gasteiger partial charge in [-0.3, -0.25) is 4.79 Å². The van der Waals surface area contributed by atoms with Crippen LogP contribution < -0.4 is 19.7 Å². The molecule has 1 aromatic rings. The monoisotopic (exact) mass is 276 g/mol. The summed E-state index contributed by atoms with van der Waals surface area (Å²) in [5.74, 6) is 1.26. The van der Waals surface area contributed by atoms with Gasteiger partial charge in [0.25, 0.3) is 0 Å². The maximum Gasteiger partial charge on any atom is 0.249 e. The Bertz CT molecular complexity index is 554. The molecule has 1 heterocycles. The van der Waals surface area contributed by atoms with E-state index in [0.29, 0.717) is 18.0 Å². The summed E-state index contributed by atoms with van der Waals surface area (Å²) in [6.45, 7) is 8.12. The molecule has 1 aromatic carbocycles. The van der Waals surface area contributed by atoms with Crippen molar-refractivity contribution in [3.05, 3.63) is 24.3 Å². The number of rotatable bonds is 4. The Morgan fingerprint density at radius 2 is 1.95 bits per heavy atom. The molecule has 1 unspecified atom stereocenters. The first kappa shape index (κ1) is 14.2. The molecule has 1 atom stereocenters. The van der Waals surface area contributed by atoms with Gasteiger partial charge in [-0.05, 0) is 13.8 Å². The third kappa shape index (κ3) is 2.43. The van der Waals surface area contributed by atoms with Crippen LogP contribution in [0.5, 0.6) is 11.5 Å². The molecular weight excluding hydrogens is 256 g/mol. The van der Waals surface area contributed by atoms with E-state index in [0.717, 1.165) is 16.9 Å². The van der Waals surface area contributed by atoms with Crippen LogP contribution in [-0.2, 0) is 4.79 Å². The summed E-state index contributed by atoms with van der Waals surface area (Å²) in [5, 5.41) is 3.18. The SMILES string of the molecule is C=C(C)CN1C(=O)C(C)Nc2cc(OC)c(OC)cc21. The Hall–Kier alpha value is -2.17. The first-order chi connectivity index (χ1) is 9.47. The molecule has 5 nitrogen and oxygen atoms in total. The predicted octanol–water partition coefficient (Wildman–Crippen LogP) is 2.43. The van der Waals surface area contributed by atoms with Gasteiger partial charge in [0.2, 0.25) is 5.91 Å². The van der Waals surface area contributed by atoms with E-state index in [1.54, 1.807) is 19.1 Å². The lowest BCUT2D eigenvalue weighted by Gasteiger charge is -2.34. The third-order valence-electron chi connectivity index (χ3n) is 3.23. The minimum atomic E-state index is -0.278. The zero-order chi connectivity index (χ0) is 14.9. The second kappa shape index (κ2) is 5.45. The molecule has 20 heavy (non-hydrogen) atoms. The van der Waals surface area contributed by atoms with E-state index < -0.39 is 0 Å². The number of hydrogen-bond acceptors (Lipinski definition) is 4. The molecule has 2 rings (SSSR count). The number of nitrogens with zero attached hydrogens (tertiary/aromatic N) is 1. The normalized spacial score (nSPS) is 17.3. The molecule has 0 fully saturated rings. The number of ether oxygens (including phenoxy) is 2. The molecule has 0 aromatic heterocycles. The average Bonchev–Trinajstić information content (AvgIpc) is 2.42. The Balaban J connectivity index is 2.53. The minimum Gasteiger partial charge on any atom is -0.493 e. The molecule has 5 heteroatoms. The molecule has 0 spiro atoms. The van der Waals surface area contributed by atoms with Gasteiger partial charge < -0.3 is 19.7 Å². The van der Waals surface area contributed by atoms with Gasteiger partial charge in [-0.15, -0.1) is 0 Å². The predicted molar refractivity (Wildman–Crippen MR) is 79.8 cm³/mol. The maximum absolute atomic E-state index is 12.3. The van der Waals surface area contributed by atoms with E-state index in [9.17, 15) is 4.79 Å². The second-order valence-corrected chi connectivity index (χ2v) is 4.97. The van der Waals surface area contributed by atoms with Crippen LogP contribution in [0.4, 0.5) is 11.4 Å². The lowest BCUT2D eigenvalue weighted by atomic mass is 10.1. The molecule has 1 aliphatic heterocycles. The fourth-order valence-electron chi connectivity index (χ4n) is 2.29. The average molecular weight is 276 g/mol. The highest BCUT2D eigenvalue weighted by molar-refractivity contribution is 6.05. The molecule has 1 N–H and O–H groups in total. The van der Waals surface area contributed by atoms with Crippen molar-refractivity contribution in [2.24, 2.45) is 0 Å². The lowest BCUT2D eigenvalue weighted by Crippen LogP contribution is -2.46. The number of carbonyl (C=O) groups excluding carboxylic acids is 1. The van der Waals surface area contributed by atoms with Crippen LogP contribution in [0.1, 0.15) is 13.8 Å². The minimum absolute atomic E-state index is 0.0210. The van der Waals surface area contributed by atoms with Gasteiger partial charge in [-0.25, -0.2) is 0 Å². The number of amides is 1. The van der Waals surface area contributed by atoms with Crippen LogP contribution in [0, 0.1) is 0 Å². The Labute approximate surface area is 119 Å². The summed E-state index contributed by atoms with van der Waals surface area (Å²) in [4.78, 5) is 14.1. The maximum atomic E-state index is 12.3. The van der Waals surface area contributed by atoms with Gasteiger partial charge in [0.15, 0.2) is 11.5 Å². The van der Waals surface area contributed by atoms with Crippen molar-refractivity contribution in [1.82, 2.24) is 0 Å². The fourth-order valence-corrected chi connectivity index (χ4v) is 2.29. The van der Waals surface area contributed by atoms with Gasteiger partial charge in [0.05, 0.1) is 25.6 Å². The standard InChI is InChI=1S/C15H20N2O3/c1-9(2)8-17-12-7-14(20-5)13(19-4)6-11(12)16-10(3)15(17)18/h6-7,10,16H,1,8H2,2-5H3. The Kier molecular flexibility index (Phi) is 3.88. The van der Waals surface area contributed by atoms with Crippen molar-refractivity contribution in [1.29, 1.82) is 0 Å². The number of carbonyl (C=O) groups is 1. The highest BCUT2D eigenvalue weighted by atomic mass is 16.5. The van der Waals surface area contributed by atoms with Crippen LogP contribution in [0.25, 0.3) is 0 Å². The van der Waals surface area contributed by atoms with Crippen LogP contribution in [0.3, 0.4) is 0 Å². The number of hydrogen-bond donors (Lipinski definition) is 1. The van der Waals surface area contributed by atoms with Crippen LogP contribution in [0.2, 0.25) is 0 Å². The van der Waals surface area contributed by atoms with Gasteiger partial charge in [-0.1, -0.05) is 12.2 Å². The van der Waals surface area contributed by atoms with Crippen LogP contribution in [-0.4, -0.2) is 32.7 Å². The van der Waals surface area contributed by atoms with Crippen LogP contribution in [0.15, 0.2) is 24.3 Å². The van der Waals surface area contributed by atoms with Crippen molar-refractivity contribution in [2.45, 2.75) is 19.9 Å². The summed E-state index contributed by atoms with van der Waals surface area (Å²) in [7, 11) is 3.17. The number of benzene rings is 1. The molecule has 0 aliphatic carbocycles. The van der Waals surface area contributed by atoms with Crippen molar-refractivity contribution in [3.8, 4) is 11.5 Å². The Morgan fingerprint density at radius 1 is 1.35 bits per heavy atom. The summed E-state index contributed by atoms with van der Waals surface area (Å²) in [5.41, 5.74) is 2.57. The molecule has 1 amide bonds. The molecule has 0 saturated carbocycles. The largest absolute Gasteiger partial charge is 0.493 e. The quantitative estimate of drug-likeness (QED) is 0.858. The van der Waals surface area contributed by atoms with Crippen molar-refractivity contribution < 1.29 is 14.3 Å². The number of nitrogens with one attached hydrogen (secondary N) is 1. The van der Waals surface area contributed by atoms with E-state index >= 15 is 0 Å². The topological polar surface area (TPSA) is 50.8 Å². The molecule has 108 valence electrons. The van der Waals surface area contributed by atoms with Gasteiger partial charge in [0.1, 0.15) is 6.04 Å². The number of anilines is 2. The van der Waals surface area contributed by atoms with E-state index in [4.69, 9.17) is 9.47 Å². The first-order valence-electron chi connectivity index (χ1n) is 6.46. The van der Waals surface area contributed by atoms with E-state index in [1.807, 2.05) is 26.0 Å². The van der Waals surface area contributed by atoms with Gasteiger partial charge >= 0.3 is 0 Å². The first-order valence-corrected chi connectivity index (χ1v) is 6.46. The molecule has 0 saturated heterocycles. The lowest BCUT2D eigenvalue weighted by molar-refractivity contribution is -0.119. The summed E-state index contributed by atoms with van der Waals surface area (Å²) in [6.07, 6.45) is 0. The zero-order valence-corrected chi connectivity index (χ0v) is 12.3. The second-order valence-electron chi connectivity index (χ2n) is 4.97. The molecule has 0 bridgehead atoms. The Morgan fingerprint density at radius 3 is 2.50 bits per heavy atom. The number of methoxy groups -OCH3 is 2. The fraction of sp³-hybridized carbons (Fsp3) is 0.400. The summed E-state index contributed by atoms with van der Waals surface area (Å²) >= 11 is 0. The highest BCUT2D eigenvalue weighted by Crippen LogP contribution is 2.41.